The maximum Gasteiger partial charge on any atom is 0.316 e. The summed E-state index contributed by atoms with van der Waals surface area (Å²) in [5.41, 5.74) is 4.80. The minimum atomic E-state index is -0.735. The van der Waals surface area contributed by atoms with Crippen LogP contribution in [0.5, 0.6) is 6.01 Å². The van der Waals surface area contributed by atoms with E-state index >= 15 is 0 Å². The number of rotatable bonds is 7. The maximum atomic E-state index is 10.9. The third-order valence-corrected chi connectivity index (χ3v) is 6.22. The number of thiazole rings is 1. The van der Waals surface area contributed by atoms with E-state index in [4.69, 9.17) is 9.84 Å². The van der Waals surface area contributed by atoms with Crippen molar-refractivity contribution in [3.63, 3.8) is 0 Å². The number of carboxylic acids is 1. The average Bonchev–Trinajstić information content (AvgIpc) is 3.53. The number of aromatic amines is 1. The van der Waals surface area contributed by atoms with Crippen LogP contribution in [0.15, 0.2) is 41.6 Å². The van der Waals surface area contributed by atoms with Gasteiger partial charge in [-0.3, -0.25) is 14.9 Å². The van der Waals surface area contributed by atoms with E-state index in [1.165, 1.54) is 11.3 Å². The van der Waals surface area contributed by atoms with Gasteiger partial charge in [-0.1, -0.05) is 0 Å². The van der Waals surface area contributed by atoms with Gasteiger partial charge in [-0.05, 0) is 43.7 Å². The Morgan fingerprint density at radius 2 is 1.82 bits per heavy atom. The summed E-state index contributed by atoms with van der Waals surface area (Å²) in [5.74, 6) is 0.668. The summed E-state index contributed by atoms with van der Waals surface area (Å²) in [5, 5.41) is 18.0. The van der Waals surface area contributed by atoms with Gasteiger partial charge < -0.3 is 9.84 Å². The predicted molar refractivity (Wildman–Crippen MR) is 120 cm³/mol. The normalized spacial score (nSPS) is 18.2. The third-order valence-electron chi connectivity index (χ3n) is 5.64. The van der Waals surface area contributed by atoms with Gasteiger partial charge >= 0.3 is 12.0 Å². The van der Waals surface area contributed by atoms with E-state index in [0.717, 1.165) is 48.2 Å². The van der Waals surface area contributed by atoms with Gasteiger partial charge in [0.25, 0.3) is 0 Å². The number of aromatic nitrogens is 7. The molecular weight excluding hydrogens is 442 g/mol. The van der Waals surface area contributed by atoms with Gasteiger partial charge in [-0.2, -0.15) is 5.10 Å². The molecule has 0 atom stereocenters. The van der Waals surface area contributed by atoms with Gasteiger partial charge in [0, 0.05) is 41.5 Å². The first kappa shape index (κ1) is 21.1. The van der Waals surface area contributed by atoms with E-state index in [2.05, 4.69) is 35.1 Å². The van der Waals surface area contributed by atoms with E-state index < -0.39 is 5.97 Å². The molecule has 4 heterocycles. The Morgan fingerprint density at radius 1 is 1.03 bits per heavy atom. The quantitative estimate of drug-likeness (QED) is 0.418. The lowest BCUT2D eigenvalue weighted by atomic mass is 9.85. The molecule has 0 aromatic carbocycles. The van der Waals surface area contributed by atoms with E-state index in [0.29, 0.717) is 17.7 Å². The molecule has 1 aliphatic carbocycles. The monoisotopic (exact) mass is 463 g/mol. The first-order valence-electron chi connectivity index (χ1n) is 10.6. The fourth-order valence-electron chi connectivity index (χ4n) is 3.89. The molecule has 4 aromatic heterocycles. The number of carboxylic acid groups (broad SMARTS) is 1. The topological polar surface area (TPSA) is 140 Å². The van der Waals surface area contributed by atoms with Crippen molar-refractivity contribution in [3.8, 4) is 40.2 Å². The molecule has 0 unspecified atom stereocenters. The molecule has 1 saturated carbocycles. The van der Waals surface area contributed by atoms with E-state index in [1.807, 2.05) is 17.5 Å². The molecule has 33 heavy (non-hydrogen) atoms. The van der Waals surface area contributed by atoms with Gasteiger partial charge in [-0.25, -0.2) is 19.9 Å². The first-order valence-corrected chi connectivity index (χ1v) is 11.6. The minimum absolute atomic E-state index is 0.0221. The first-order chi connectivity index (χ1) is 16.1. The molecule has 168 valence electrons. The van der Waals surface area contributed by atoms with Crippen LogP contribution in [0.3, 0.4) is 0 Å². The summed E-state index contributed by atoms with van der Waals surface area (Å²) in [6, 6.07) is 4.10. The van der Waals surface area contributed by atoms with Crippen molar-refractivity contribution in [1.82, 2.24) is 35.1 Å². The second-order valence-corrected chi connectivity index (χ2v) is 8.64. The van der Waals surface area contributed by atoms with E-state index in [-0.39, 0.29) is 18.4 Å². The summed E-state index contributed by atoms with van der Waals surface area (Å²) in [4.78, 5) is 32.7. The highest BCUT2D eigenvalue weighted by Gasteiger charge is 2.24. The molecule has 0 bridgehead atoms. The van der Waals surface area contributed by atoms with Gasteiger partial charge in [0.1, 0.15) is 11.8 Å². The van der Waals surface area contributed by atoms with Crippen LogP contribution in [0.1, 0.15) is 32.1 Å². The summed E-state index contributed by atoms with van der Waals surface area (Å²) in [6.45, 7) is 0. The van der Waals surface area contributed by atoms with Crippen LogP contribution >= 0.6 is 11.3 Å². The zero-order valence-corrected chi connectivity index (χ0v) is 18.4. The Morgan fingerprint density at radius 3 is 2.48 bits per heavy atom. The minimum Gasteiger partial charge on any atom is -0.481 e. The van der Waals surface area contributed by atoms with Gasteiger partial charge in [0.05, 0.1) is 11.2 Å². The van der Waals surface area contributed by atoms with Crippen molar-refractivity contribution in [1.29, 1.82) is 0 Å². The lowest BCUT2D eigenvalue weighted by Crippen LogP contribution is -2.25. The number of nitrogens with zero attached hydrogens (tertiary/aromatic N) is 6. The molecule has 0 aliphatic heterocycles. The van der Waals surface area contributed by atoms with Crippen LogP contribution in [-0.2, 0) is 4.79 Å². The molecule has 1 fully saturated rings. The van der Waals surface area contributed by atoms with E-state index in [1.54, 1.807) is 24.1 Å². The van der Waals surface area contributed by atoms with Gasteiger partial charge in [-0.15, -0.1) is 11.3 Å². The van der Waals surface area contributed by atoms with Crippen molar-refractivity contribution in [3.05, 3.63) is 41.6 Å². The van der Waals surface area contributed by atoms with Crippen molar-refractivity contribution in [2.45, 2.75) is 38.2 Å². The Balaban J connectivity index is 1.20. The average molecular weight is 464 g/mol. The molecular formula is C22H21N7O3S. The highest BCUT2D eigenvalue weighted by molar-refractivity contribution is 7.07. The Labute approximate surface area is 193 Å². The second-order valence-electron chi connectivity index (χ2n) is 7.93. The highest BCUT2D eigenvalue weighted by Crippen LogP contribution is 2.29. The lowest BCUT2D eigenvalue weighted by molar-refractivity contribution is -0.138. The van der Waals surface area contributed by atoms with Gasteiger partial charge in [0.15, 0.2) is 11.6 Å². The summed E-state index contributed by atoms with van der Waals surface area (Å²) in [7, 11) is 0. The zero-order valence-electron chi connectivity index (χ0n) is 17.6. The smallest absolute Gasteiger partial charge is 0.316 e. The molecule has 11 heteroatoms. The molecule has 2 N–H and O–H groups in total. The number of H-pyrrole nitrogens is 1. The van der Waals surface area contributed by atoms with Crippen molar-refractivity contribution >= 4 is 17.3 Å². The largest absolute Gasteiger partial charge is 0.481 e. The Bertz CT molecular complexity index is 1200. The number of pyridine rings is 1. The maximum absolute atomic E-state index is 10.9. The van der Waals surface area contributed by atoms with Gasteiger partial charge in [0.2, 0.25) is 0 Å². The van der Waals surface area contributed by atoms with Crippen LogP contribution in [0.25, 0.3) is 34.2 Å². The zero-order chi connectivity index (χ0) is 22.6. The molecule has 5 rings (SSSR count). The Kier molecular flexibility index (Phi) is 6.03. The molecule has 10 nitrogen and oxygen atoms in total. The van der Waals surface area contributed by atoms with Crippen molar-refractivity contribution < 1.29 is 14.6 Å². The number of hydrogen-bond acceptors (Lipinski definition) is 9. The number of ether oxygens (including phenoxy) is 1. The SMILES string of the molecule is O=C(O)CC1CCC(Oc2ncc(-c3ccc(-c4n[nH]c(-c5cscn5)n4)cn3)cn2)CC1. The van der Waals surface area contributed by atoms with E-state index in [9.17, 15) is 4.79 Å². The van der Waals surface area contributed by atoms with Crippen LogP contribution in [0, 0.1) is 5.92 Å². The van der Waals surface area contributed by atoms with Crippen LogP contribution in [0.4, 0.5) is 0 Å². The van der Waals surface area contributed by atoms with Crippen molar-refractivity contribution in [2.24, 2.45) is 5.92 Å². The summed E-state index contributed by atoms with van der Waals surface area (Å²) in [6.07, 6.45) is 8.67. The number of hydrogen-bond donors (Lipinski definition) is 2. The molecule has 1 aliphatic rings. The summed E-state index contributed by atoms with van der Waals surface area (Å²) >= 11 is 1.50. The Hall–Kier alpha value is -3.73. The molecule has 4 aromatic rings. The molecule has 0 spiro atoms. The van der Waals surface area contributed by atoms with Crippen LogP contribution < -0.4 is 4.74 Å². The fourth-order valence-corrected chi connectivity index (χ4v) is 4.43. The third kappa shape index (κ3) is 5.03. The van der Waals surface area contributed by atoms with Crippen LogP contribution in [0.2, 0.25) is 0 Å². The van der Waals surface area contributed by atoms with Crippen molar-refractivity contribution in [2.75, 3.05) is 0 Å². The second kappa shape index (κ2) is 9.41. The number of carbonyl (C=O) groups is 1. The molecule has 0 saturated heterocycles. The standard InChI is InChI=1S/C22H21N7O3S/c30-19(31)7-13-1-4-16(5-2-13)32-22-24-9-15(10-25-22)17-6-3-14(8-23-17)20-27-21(29-28-20)18-11-33-12-26-18/h3,6,8-13,16H,1-2,4-5,7H2,(H,30,31)(H,27,28,29). The number of nitrogens with one attached hydrogen (secondary N) is 1. The summed E-state index contributed by atoms with van der Waals surface area (Å²) < 4.78 is 5.89. The highest BCUT2D eigenvalue weighted by atomic mass is 32.1. The lowest BCUT2D eigenvalue weighted by Gasteiger charge is -2.27. The molecule has 0 amide bonds. The van der Waals surface area contributed by atoms with Crippen LogP contribution in [-0.4, -0.2) is 52.3 Å². The fraction of sp³-hybridized carbons (Fsp3) is 0.318. The number of aliphatic carboxylic acids is 1. The molecule has 0 radical (unpaired) electrons. The predicted octanol–water partition coefficient (Wildman–Crippen LogP) is 3.86.